The molecule has 3 heteroatoms. The fraction of sp³-hybridized carbons (Fsp3) is 0.100. The molecule has 1 aromatic rings. The van der Waals surface area contributed by atoms with E-state index in [0.717, 1.165) is 5.56 Å². The smallest absolute Gasteiger partial charge is 0.0992 e. The molecule has 1 aromatic carbocycles. The quantitative estimate of drug-likeness (QED) is 0.699. The van der Waals surface area contributed by atoms with Gasteiger partial charge in [-0.3, -0.25) is 0 Å². The van der Waals surface area contributed by atoms with Gasteiger partial charge in [0.25, 0.3) is 0 Å². The third kappa shape index (κ3) is 8.94. The van der Waals surface area contributed by atoms with E-state index < -0.39 is 0 Å². The lowest BCUT2D eigenvalue weighted by Gasteiger charge is -1.88. The Balaban J connectivity index is 0.000000310. The summed E-state index contributed by atoms with van der Waals surface area (Å²) >= 11 is 9.69. The molecule has 1 rings (SSSR count). The summed E-state index contributed by atoms with van der Waals surface area (Å²) in [7, 11) is 0. The van der Waals surface area contributed by atoms with E-state index in [9.17, 15) is 0 Å². The molecule has 0 unspecified atom stereocenters. The molecule has 13 heavy (non-hydrogen) atoms. The Labute approximate surface area is 88.2 Å². The molecule has 0 radical (unpaired) electrons. The zero-order valence-electron chi connectivity index (χ0n) is 7.00. The van der Waals surface area contributed by atoms with Crippen LogP contribution in [0.15, 0.2) is 41.4 Å². The molecule has 0 bridgehead atoms. The van der Waals surface area contributed by atoms with Crippen molar-refractivity contribution in [2.45, 2.75) is 6.42 Å². The summed E-state index contributed by atoms with van der Waals surface area (Å²) in [6, 6.07) is 11.8. The van der Waals surface area contributed by atoms with Crippen molar-refractivity contribution in [2.24, 2.45) is 0 Å². The fourth-order valence-electron chi connectivity index (χ4n) is 0.687. The summed E-state index contributed by atoms with van der Waals surface area (Å²) in [5, 5.41) is 8.27. The number of hydrogen-bond donors (Lipinski definition) is 0. The third-order valence-electron chi connectivity index (χ3n) is 1.13. The molecule has 0 aliphatic rings. The van der Waals surface area contributed by atoms with Gasteiger partial charge in [-0.1, -0.05) is 60.1 Å². The van der Waals surface area contributed by atoms with Gasteiger partial charge in [-0.05, 0) is 5.56 Å². The van der Waals surface area contributed by atoms with Crippen LogP contribution in [0.2, 0.25) is 0 Å². The number of nitrogens with zero attached hydrogens (tertiary/aromatic N) is 1. The van der Waals surface area contributed by atoms with Crippen LogP contribution in [-0.2, 0) is 6.42 Å². The van der Waals surface area contributed by atoms with Crippen LogP contribution >= 0.6 is 23.2 Å². The minimum atomic E-state index is 0.111. The van der Waals surface area contributed by atoms with Crippen molar-refractivity contribution in [3.05, 3.63) is 47.0 Å². The summed E-state index contributed by atoms with van der Waals surface area (Å²) < 4.78 is 0.111. The molecular formula is C10H9Cl2N. The molecule has 0 amide bonds. The SMILES string of the molecule is C=C(Cl)Cl.N#CCc1ccccc1. The molecule has 0 aromatic heterocycles. The van der Waals surface area contributed by atoms with Gasteiger partial charge in [-0.25, -0.2) is 0 Å². The molecule has 0 saturated carbocycles. The maximum Gasteiger partial charge on any atom is 0.0992 e. The molecule has 0 aliphatic carbocycles. The minimum Gasteiger partial charge on any atom is -0.198 e. The fourth-order valence-corrected chi connectivity index (χ4v) is 0.687. The van der Waals surface area contributed by atoms with Gasteiger partial charge >= 0.3 is 0 Å². The van der Waals surface area contributed by atoms with Crippen LogP contribution < -0.4 is 0 Å². The van der Waals surface area contributed by atoms with Crippen LogP contribution in [0.1, 0.15) is 5.56 Å². The number of hydrogen-bond acceptors (Lipinski definition) is 1. The summed E-state index contributed by atoms with van der Waals surface area (Å²) in [4.78, 5) is 0. The number of benzene rings is 1. The monoisotopic (exact) mass is 213 g/mol. The highest BCUT2D eigenvalue weighted by molar-refractivity contribution is 6.55. The lowest BCUT2D eigenvalue weighted by Crippen LogP contribution is -1.76. The highest BCUT2D eigenvalue weighted by Crippen LogP contribution is 1.98. The Morgan fingerprint density at radius 3 is 2.15 bits per heavy atom. The average Bonchev–Trinajstić information content (AvgIpc) is 2.06. The Bertz CT molecular complexity index is 284. The van der Waals surface area contributed by atoms with E-state index in [1.54, 1.807) is 0 Å². The molecule has 0 heterocycles. The molecular weight excluding hydrogens is 205 g/mol. The molecule has 1 nitrogen and oxygen atoms in total. The molecule has 68 valence electrons. The Morgan fingerprint density at radius 2 is 1.77 bits per heavy atom. The van der Waals surface area contributed by atoms with Crippen LogP contribution in [-0.4, -0.2) is 0 Å². The van der Waals surface area contributed by atoms with Gasteiger partial charge in [0.05, 0.1) is 17.0 Å². The molecule has 0 saturated heterocycles. The number of rotatable bonds is 1. The average molecular weight is 214 g/mol. The summed E-state index contributed by atoms with van der Waals surface area (Å²) in [6.07, 6.45) is 0.515. The predicted molar refractivity (Wildman–Crippen MR) is 56.6 cm³/mol. The van der Waals surface area contributed by atoms with E-state index in [1.165, 1.54) is 0 Å². The van der Waals surface area contributed by atoms with Crippen molar-refractivity contribution in [3.8, 4) is 6.07 Å². The van der Waals surface area contributed by atoms with E-state index in [1.807, 2.05) is 30.3 Å². The van der Waals surface area contributed by atoms with Crippen LogP contribution in [0.4, 0.5) is 0 Å². The topological polar surface area (TPSA) is 23.8 Å². The van der Waals surface area contributed by atoms with Crippen LogP contribution in [0, 0.1) is 11.3 Å². The summed E-state index contributed by atoms with van der Waals surface area (Å²) in [5.74, 6) is 0. The van der Waals surface area contributed by atoms with Gasteiger partial charge in [0.1, 0.15) is 0 Å². The first-order valence-corrected chi connectivity index (χ1v) is 4.33. The summed E-state index contributed by atoms with van der Waals surface area (Å²) in [5.41, 5.74) is 1.08. The van der Waals surface area contributed by atoms with Crippen LogP contribution in [0.25, 0.3) is 0 Å². The molecule has 0 spiro atoms. The van der Waals surface area contributed by atoms with Crippen molar-refractivity contribution in [1.29, 1.82) is 5.26 Å². The van der Waals surface area contributed by atoms with E-state index in [2.05, 4.69) is 12.6 Å². The maximum atomic E-state index is 8.27. The van der Waals surface area contributed by atoms with Crippen molar-refractivity contribution in [2.75, 3.05) is 0 Å². The van der Waals surface area contributed by atoms with Crippen molar-refractivity contribution in [3.63, 3.8) is 0 Å². The second kappa shape index (κ2) is 7.67. The lowest BCUT2D eigenvalue weighted by molar-refractivity contribution is 1.26. The largest absolute Gasteiger partial charge is 0.198 e. The molecule has 0 aliphatic heterocycles. The first-order chi connectivity index (χ1) is 6.16. The number of nitriles is 1. The Morgan fingerprint density at radius 1 is 1.31 bits per heavy atom. The highest BCUT2D eigenvalue weighted by atomic mass is 35.5. The van der Waals surface area contributed by atoms with Crippen molar-refractivity contribution < 1.29 is 0 Å². The zero-order chi connectivity index (χ0) is 10.1. The second-order valence-corrected chi connectivity index (χ2v) is 3.27. The minimum absolute atomic E-state index is 0.111. The third-order valence-corrected chi connectivity index (χ3v) is 1.13. The molecule has 0 atom stereocenters. The molecule has 0 N–H and O–H groups in total. The first kappa shape index (κ1) is 12.0. The normalized spacial score (nSPS) is 7.77. The highest BCUT2D eigenvalue weighted by Gasteiger charge is 1.84. The molecule has 0 fully saturated rings. The van der Waals surface area contributed by atoms with Gasteiger partial charge in [-0.2, -0.15) is 5.26 Å². The van der Waals surface area contributed by atoms with Crippen LogP contribution in [0.5, 0.6) is 0 Å². The van der Waals surface area contributed by atoms with E-state index in [4.69, 9.17) is 28.5 Å². The Kier molecular flexibility index (Phi) is 7.10. The second-order valence-electron chi connectivity index (χ2n) is 2.16. The van der Waals surface area contributed by atoms with Gasteiger partial charge in [-0.15, -0.1) is 0 Å². The lowest BCUT2D eigenvalue weighted by atomic mass is 10.2. The van der Waals surface area contributed by atoms with E-state index >= 15 is 0 Å². The van der Waals surface area contributed by atoms with Gasteiger partial charge in [0.2, 0.25) is 0 Å². The zero-order valence-corrected chi connectivity index (χ0v) is 8.52. The van der Waals surface area contributed by atoms with E-state index in [0.29, 0.717) is 6.42 Å². The van der Waals surface area contributed by atoms with Gasteiger partial charge in [0, 0.05) is 0 Å². The predicted octanol–water partition coefficient (Wildman–Crippen LogP) is 3.69. The maximum absolute atomic E-state index is 8.27. The van der Waals surface area contributed by atoms with Crippen molar-refractivity contribution in [1.82, 2.24) is 0 Å². The van der Waals surface area contributed by atoms with Crippen molar-refractivity contribution >= 4 is 23.2 Å². The van der Waals surface area contributed by atoms with Crippen LogP contribution in [0.3, 0.4) is 0 Å². The summed E-state index contributed by atoms with van der Waals surface area (Å²) in [6.45, 7) is 3.09. The first-order valence-electron chi connectivity index (χ1n) is 3.57. The van der Waals surface area contributed by atoms with Gasteiger partial charge in [0.15, 0.2) is 0 Å². The van der Waals surface area contributed by atoms with Gasteiger partial charge < -0.3 is 0 Å². The number of halogens is 2. The van der Waals surface area contributed by atoms with E-state index in [-0.39, 0.29) is 4.49 Å². The Hall–Kier alpha value is -0.970. The standard InChI is InChI=1S/C8H7N.C2H2Cl2/c9-7-6-8-4-2-1-3-5-8;1-2(3)4/h1-5H,6H2;1H2.